The van der Waals surface area contributed by atoms with Gasteiger partial charge in [0.1, 0.15) is 10.9 Å². The second-order valence-corrected chi connectivity index (χ2v) is 4.57. The Bertz CT molecular complexity index is 610. The zero-order valence-electron chi connectivity index (χ0n) is 9.78. The first-order valence-corrected chi connectivity index (χ1v) is 5.83. The van der Waals surface area contributed by atoms with Gasteiger partial charge in [-0.05, 0) is 24.8 Å². The number of carboxylic acid groups (broad SMARTS) is 1. The molecule has 94 valence electrons. The van der Waals surface area contributed by atoms with Crippen molar-refractivity contribution in [1.82, 2.24) is 19.7 Å². The number of carboxylic acids is 1. The van der Waals surface area contributed by atoms with Crippen molar-refractivity contribution in [2.45, 2.75) is 17.1 Å². The van der Waals surface area contributed by atoms with Crippen molar-refractivity contribution in [2.24, 2.45) is 7.05 Å². The number of aryl methyl sites for hydroxylation is 1. The fourth-order valence-electron chi connectivity index (χ4n) is 1.27. The van der Waals surface area contributed by atoms with Gasteiger partial charge in [0, 0.05) is 7.05 Å². The minimum Gasteiger partial charge on any atom is -0.478 e. The largest absolute Gasteiger partial charge is 0.478 e. The van der Waals surface area contributed by atoms with Crippen molar-refractivity contribution in [3.8, 4) is 0 Å². The van der Waals surface area contributed by atoms with Crippen LogP contribution < -0.4 is 5.73 Å². The second-order valence-electron chi connectivity index (χ2n) is 3.62. The highest BCUT2D eigenvalue weighted by molar-refractivity contribution is 7.99. The van der Waals surface area contributed by atoms with Gasteiger partial charge in [-0.15, -0.1) is 10.2 Å². The number of rotatable bonds is 3. The molecule has 8 heteroatoms. The summed E-state index contributed by atoms with van der Waals surface area (Å²) >= 11 is 1.14. The molecule has 2 rings (SSSR count). The van der Waals surface area contributed by atoms with Crippen LogP contribution >= 0.6 is 11.8 Å². The molecule has 3 N–H and O–H groups in total. The van der Waals surface area contributed by atoms with Crippen molar-refractivity contribution in [1.29, 1.82) is 0 Å². The number of nitrogens with two attached hydrogens (primary N) is 1. The third-order valence-corrected chi connectivity index (χ3v) is 3.40. The van der Waals surface area contributed by atoms with Crippen molar-refractivity contribution < 1.29 is 9.90 Å². The third kappa shape index (κ3) is 2.28. The van der Waals surface area contributed by atoms with Crippen molar-refractivity contribution in [2.75, 3.05) is 5.73 Å². The summed E-state index contributed by atoms with van der Waals surface area (Å²) < 4.78 is 1.76. The van der Waals surface area contributed by atoms with E-state index in [0.29, 0.717) is 15.9 Å². The Kier molecular flexibility index (Phi) is 3.19. The number of nitrogen functional groups attached to an aromatic ring is 1. The maximum Gasteiger partial charge on any atom is 0.338 e. The van der Waals surface area contributed by atoms with Gasteiger partial charge in [0.15, 0.2) is 5.16 Å². The van der Waals surface area contributed by atoms with Crippen LogP contribution in [0.2, 0.25) is 0 Å². The van der Waals surface area contributed by atoms with Crippen LogP contribution in [0.4, 0.5) is 5.69 Å². The van der Waals surface area contributed by atoms with Crippen molar-refractivity contribution >= 4 is 23.4 Å². The fourth-order valence-corrected chi connectivity index (χ4v) is 2.15. The molecule has 0 unspecified atom stereocenters. The van der Waals surface area contributed by atoms with Gasteiger partial charge in [-0.2, -0.15) is 0 Å². The third-order valence-electron chi connectivity index (χ3n) is 2.34. The van der Waals surface area contributed by atoms with Gasteiger partial charge < -0.3 is 15.4 Å². The SMILES string of the molecule is Cc1nnc(Sc2ncc(N)cc2C(=O)O)n1C. The summed E-state index contributed by atoms with van der Waals surface area (Å²) in [6.45, 7) is 1.81. The molecule has 2 heterocycles. The lowest BCUT2D eigenvalue weighted by Crippen LogP contribution is -2.03. The number of aromatic carboxylic acids is 1. The molecule has 0 saturated heterocycles. The number of hydrogen-bond donors (Lipinski definition) is 2. The van der Waals surface area contributed by atoms with E-state index in [2.05, 4.69) is 15.2 Å². The summed E-state index contributed by atoms with van der Waals surface area (Å²) in [5.74, 6) is -0.332. The average molecular weight is 265 g/mol. The molecule has 0 aliphatic carbocycles. The van der Waals surface area contributed by atoms with E-state index >= 15 is 0 Å². The zero-order chi connectivity index (χ0) is 13.3. The number of nitrogens with zero attached hydrogens (tertiary/aromatic N) is 4. The molecule has 2 aromatic heterocycles. The lowest BCUT2D eigenvalue weighted by Gasteiger charge is -2.05. The number of anilines is 1. The predicted octanol–water partition coefficient (Wildman–Crippen LogP) is 0.950. The highest BCUT2D eigenvalue weighted by Crippen LogP contribution is 2.28. The number of hydrogen-bond acceptors (Lipinski definition) is 6. The molecular formula is C10H11N5O2S. The predicted molar refractivity (Wildman–Crippen MR) is 65.5 cm³/mol. The van der Waals surface area contributed by atoms with Gasteiger partial charge in [-0.25, -0.2) is 9.78 Å². The minimum atomic E-state index is -1.07. The molecular weight excluding hydrogens is 254 g/mol. The summed E-state index contributed by atoms with van der Waals surface area (Å²) in [6, 6.07) is 1.38. The summed E-state index contributed by atoms with van der Waals surface area (Å²) in [5, 5.41) is 17.8. The van der Waals surface area contributed by atoms with Crippen LogP contribution in [0.15, 0.2) is 22.4 Å². The molecule has 18 heavy (non-hydrogen) atoms. The number of pyridine rings is 1. The van der Waals surface area contributed by atoms with Gasteiger partial charge in [-0.3, -0.25) is 0 Å². The van der Waals surface area contributed by atoms with Gasteiger partial charge in [-0.1, -0.05) is 0 Å². The highest BCUT2D eigenvalue weighted by atomic mass is 32.2. The van der Waals surface area contributed by atoms with E-state index in [1.807, 2.05) is 6.92 Å². The molecule has 0 fully saturated rings. The van der Waals surface area contributed by atoms with E-state index in [4.69, 9.17) is 10.8 Å². The minimum absolute atomic E-state index is 0.0562. The van der Waals surface area contributed by atoms with Crippen LogP contribution in [-0.2, 0) is 7.05 Å². The molecule has 0 amide bonds. The molecule has 0 aliphatic heterocycles. The summed E-state index contributed by atoms with van der Waals surface area (Å²) in [5.41, 5.74) is 5.89. The Labute approximate surface area is 107 Å². The van der Waals surface area contributed by atoms with Crippen molar-refractivity contribution in [3.05, 3.63) is 23.7 Å². The van der Waals surface area contributed by atoms with Gasteiger partial charge in [0.05, 0.1) is 17.4 Å². The van der Waals surface area contributed by atoms with Crippen LogP contribution in [0, 0.1) is 6.92 Å². The first-order valence-electron chi connectivity index (χ1n) is 5.01. The number of aromatic nitrogens is 4. The Hall–Kier alpha value is -2.09. The monoisotopic (exact) mass is 265 g/mol. The summed E-state index contributed by atoms with van der Waals surface area (Å²) in [7, 11) is 1.80. The molecule has 7 nitrogen and oxygen atoms in total. The van der Waals surface area contributed by atoms with E-state index in [1.54, 1.807) is 11.6 Å². The standard InChI is InChI=1S/C10H11N5O2S/c1-5-13-14-10(15(5)2)18-8-7(9(16)17)3-6(11)4-12-8/h3-4H,11H2,1-2H3,(H,16,17). The first kappa shape index (κ1) is 12.4. The molecule has 0 aliphatic rings. The van der Waals surface area contributed by atoms with Crippen LogP contribution in [0.3, 0.4) is 0 Å². The molecule has 0 spiro atoms. The highest BCUT2D eigenvalue weighted by Gasteiger charge is 2.16. The van der Waals surface area contributed by atoms with E-state index in [1.165, 1.54) is 12.3 Å². The van der Waals surface area contributed by atoms with Crippen LogP contribution in [0.25, 0.3) is 0 Å². The zero-order valence-corrected chi connectivity index (χ0v) is 10.6. The molecule has 2 aromatic rings. The fraction of sp³-hybridized carbons (Fsp3) is 0.200. The molecule has 0 saturated carbocycles. The Morgan fingerprint density at radius 1 is 1.50 bits per heavy atom. The topological polar surface area (TPSA) is 107 Å². The van der Waals surface area contributed by atoms with Gasteiger partial charge in [0.2, 0.25) is 0 Å². The smallest absolute Gasteiger partial charge is 0.338 e. The number of carbonyl (C=O) groups is 1. The normalized spacial score (nSPS) is 10.6. The van der Waals surface area contributed by atoms with Crippen LogP contribution in [-0.4, -0.2) is 30.8 Å². The van der Waals surface area contributed by atoms with Crippen LogP contribution in [0.1, 0.15) is 16.2 Å². The quantitative estimate of drug-likeness (QED) is 0.850. The Morgan fingerprint density at radius 3 is 2.78 bits per heavy atom. The van der Waals surface area contributed by atoms with Gasteiger partial charge in [0.25, 0.3) is 0 Å². The average Bonchev–Trinajstić information content (AvgIpc) is 2.63. The Morgan fingerprint density at radius 2 is 2.22 bits per heavy atom. The Balaban J connectivity index is 2.40. The lowest BCUT2D eigenvalue weighted by atomic mass is 10.3. The lowest BCUT2D eigenvalue weighted by molar-refractivity contribution is 0.0692. The van der Waals surface area contributed by atoms with E-state index < -0.39 is 5.97 Å². The van der Waals surface area contributed by atoms with Crippen molar-refractivity contribution in [3.63, 3.8) is 0 Å². The van der Waals surface area contributed by atoms with E-state index in [9.17, 15) is 4.79 Å². The van der Waals surface area contributed by atoms with E-state index in [-0.39, 0.29) is 5.56 Å². The molecule has 0 atom stereocenters. The maximum absolute atomic E-state index is 11.1. The van der Waals surface area contributed by atoms with Crippen LogP contribution in [0.5, 0.6) is 0 Å². The summed E-state index contributed by atoms with van der Waals surface area (Å²) in [4.78, 5) is 15.1. The van der Waals surface area contributed by atoms with E-state index in [0.717, 1.165) is 17.6 Å². The molecule has 0 aromatic carbocycles. The maximum atomic E-state index is 11.1. The second kappa shape index (κ2) is 4.65. The first-order chi connectivity index (χ1) is 8.49. The molecule has 0 bridgehead atoms. The van der Waals surface area contributed by atoms with Gasteiger partial charge >= 0.3 is 5.97 Å². The summed E-state index contributed by atoms with van der Waals surface area (Å²) in [6.07, 6.45) is 1.41. The molecule has 0 radical (unpaired) electrons.